The highest BCUT2D eigenvalue weighted by molar-refractivity contribution is 7.89. The van der Waals surface area contributed by atoms with Gasteiger partial charge in [0, 0.05) is 34.8 Å². The molecule has 33 heavy (non-hydrogen) atoms. The first-order chi connectivity index (χ1) is 15.8. The number of carboxylic acids is 1. The number of anilines is 1. The summed E-state index contributed by atoms with van der Waals surface area (Å²) in [5.74, 6) is -1.61. The van der Waals surface area contributed by atoms with Gasteiger partial charge in [0.05, 0.1) is 4.90 Å². The Morgan fingerprint density at radius 1 is 0.909 bits per heavy atom. The van der Waals surface area contributed by atoms with Crippen molar-refractivity contribution >= 4 is 38.5 Å². The van der Waals surface area contributed by atoms with Gasteiger partial charge in [-0.2, -0.15) is 4.72 Å². The third kappa shape index (κ3) is 5.11. The Morgan fingerprint density at radius 2 is 1.58 bits per heavy atom. The van der Waals surface area contributed by atoms with E-state index in [-0.39, 0.29) is 17.2 Å². The quantitative estimate of drug-likeness (QED) is 0.318. The fourth-order valence-corrected chi connectivity index (χ4v) is 4.65. The molecule has 1 aromatic heterocycles. The van der Waals surface area contributed by atoms with Gasteiger partial charge in [-0.3, -0.25) is 9.59 Å². The molecular formula is C24H21N3O5S. The molecule has 8 nitrogen and oxygen atoms in total. The lowest BCUT2D eigenvalue weighted by atomic mass is 10.1. The lowest BCUT2D eigenvalue weighted by molar-refractivity contribution is -0.138. The normalized spacial score (nSPS) is 12.4. The molecule has 0 saturated heterocycles. The van der Waals surface area contributed by atoms with E-state index in [1.165, 1.54) is 24.3 Å². The Bertz CT molecular complexity index is 1400. The summed E-state index contributed by atoms with van der Waals surface area (Å²) in [5.41, 5.74) is 2.42. The average Bonchev–Trinajstić information content (AvgIpc) is 3.22. The molecule has 0 fully saturated rings. The van der Waals surface area contributed by atoms with Crippen LogP contribution in [0.2, 0.25) is 0 Å². The first kappa shape index (κ1) is 22.3. The number of carbonyl (C=O) groups is 2. The molecule has 0 saturated carbocycles. The molecule has 1 amide bonds. The van der Waals surface area contributed by atoms with Gasteiger partial charge in [0.25, 0.3) is 5.91 Å². The Morgan fingerprint density at radius 3 is 2.27 bits per heavy atom. The second kappa shape index (κ2) is 9.27. The van der Waals surface area contributed by atoms with Crippen LogP contribution >= 0.6 is 0 Å². The Hall–Kier alpha value is -3.95. The van der Waals surface area contributed by atoms with Crippen molar-refractivity contribution in [3.05, 3.63) is 96.2 Å². The van der Waals surface area contributed by atoms with E-state index < -0.39 is 22.0 Å². The van der Waals surface area contributed by atoms with Crippen molar-refractivity contribution in [1.82, 2.24) is 9.71 Å². The number of carboxylic acid groups (broad SMARTS) is 1. The first-order valence-corrected chi connectivity index (χ1v) is 11.6. The van der Waals surface area contributed by atoms with Gasteiger partial charge < -0.3 is 15.4 Å². The van der Waals surface area contributed by atoms with Crippen LogP contribution in [0.25, 0.3) is 10.9 Å². The summed E-state index contributed by atoms with van der Waals surface area (Å²) >= 11 is 0. The summed E-state index contributed by atoms with van der Waals surface area (Å²) in [5, 5.41) is 13.1. The summed E-state index contributed by atoms with van der Waals surface area (Å²) in [6.07, 6.45) is 1.66. The highest BCUT2D eigenvalue weighted by Crippen LogP contribution is 2.21. The Balaban J connectivity index is 1.48. The van der Waals surface area contributed by atoms with Crippen LogP contribution in [-0.2, 0) is 21.2 Å². The van der Waals surface area contributed by atoms with E-state index in [1.54, 1.807) is 36.5 Å². The lowest BCUT2D eigenvalue weighted by Crippen LogP contribution is -2.42. The van der Waals surface area contributed by atoms with E-state index in [1.807, 2.05) is 24.3 Å². The summed E-state index contributed by atoms with van der Waals surface area (Å²) in [6.45, 7) is 0. The van der Waals surface area contributed by atoms with Crippen LogP contribution in [0.5, 0.6) is 0 Å². The number of sulfonamides is 1. The SMILES string of the molecule is O=C(Nc1ccc(S(=O)(=O)N[C@H](Cc2c[nH]c3ccccc23)C(=O)O)cc1)c1ccccc1. The number of hydrogen-bond acceptors (Lipinski definition) is 4. The van der Waals surface area contributed by atoms with Crippen molar-refractivity contribution in [3.8, 4) is 0 Å². The molecule has 1 heterocycles. The second-order valence-corrected chi connectivity index (χ2v) is 9.13. The minimum absolute atomic E-state index is 0.0240. The minimum Gasteiger partial charge on any atom is -0.480 e. The van der Waals surface area contributed by atoms with E-state index in [2.05, 4.69) is 15.0 Å². The van der Waals surface area contributed by atoms with Gasteiger partial charge in [-0.05, 0) is 48.0 Å². The molecule has 1 atom stereocenters. The maximum atomic E-state index is 12.8. The highest BCUT2D eigenvalue weighted by Gasteiger charge is 2.26. The number of benzene rings is 3. The number of aromatic amines is 1. The average molecular weight is 464 g/mol. The summed E-state index contributed by atoms with van der Waals surface area (Å²) in [7, 11) is -4.11. The van der Waals surface area contributed by atoms with E-state index in [0.717, 1.165) is 10.9 Å². The van der Waals surface area contributed by atoms with Crippen LogP contribution in [-0.4, -0.2) is 36.4 Å². The second-order valence-electron chi connectivity index (χ2n) is 7.42. The first-order valence-electron chi connectivity index (χ1n) is 10.1. The van der Waals surface area contributed by atoms with E-state index in [4.69, 9.17) is 0 Å². The number of aliphatic carboxylic acids is 1. The standard InChI is InChI=1S/C24H21N3O5S/c28-23(16-6-2-1-3-7-16)26-18-10-12-19(13-11-18)33(31,32)27-22(24(29)30)14-17-15-25-21-9-5-4-8-20(17)21/h1-13,15,22,25,27H,14H2,(H,26,28)(H,29,30)/t22-/m1/s1. The molecule has 4 N–H and O–H groups in total. The van der Waals surface area contributed by atoms with Gasteiger partial charge in [-0.15, -0.1) is 0 Å². The van der Waals surface area contributed by atoms with Crippen LogP contribution in [0.3, 0.4) is 0 Å². The fourth-order valence-electron chi connectivity index (χ4n) is 3.47. The van der Waals surface area contributed by atoms with Crippen LogP contribution < -0.4 is 10.0 Å². The fraction of sp³-hybridized carbons (Fsp3) is 0.0833. The number of rotatable bonds is 8. The van der Waals surface area contributed by atoms with E-state index in [0.29, 0.717) is 16.8 Å². The molecule has 0 aliphatic heterocycles. The summed E-state index contributed by atoms with van der Waals surface area (Å²) in [4.78, 5) is 27.0. The number of aromatic nitrogens is 1. The molecule has 0 spiro atoms. The molecule has 0 bridgehead atoms. The minimum atomic E-state index is -4.11. The molecule has 0 radical (unpaired) electrons. The zero-order valence-corrected chi connectivity index (χ0v) is 18.2. The predicted molar refractivity (Wildman–Crippen MR) is 125 cm³/mol. The third-order valence-corrected chi connectivity index (χ3v) is 6.64. The number of H-pyrrole nitrogens is 1. The van der Waals surface area contributed by atoms with Gasteiger partial charge in [-0.1, -0.05) is 36.4 Å². The summed E-state index contributed by atoms with van der Waals surface area (Å²) in [6, 6.07) is 20.2. The number of nitrogens with one attached hydrogen (secondary N) is 3. The van der Waals surface area contributed by atoms with Crippen LogP contribution in [0.4, 0.5) is 5.69 Å². The topological polar surface area (TPSA) is 128 Å². The number of para-hydroxylation sites is 1. The number of carbonyl (C=O) groups excluding carboxylic acids is 1. The van der Waals surface area contributed by atoms with Crippen molar-refractivity contribution in [3.63, 3.8) is 0 Å². The van der Waals surface area contributed by atoms with Crippen LogP contribution in [0.1, 0.15) is 15.9 Å². The Labute approximate surface area is 190 Å². The van der Waals surface area contributed by atoms with E-state index >= 15 is 0 Å². The van der Waals surface area contributed by atoms with Gasteiger partial charge in [0.1, 0.15) is 6.04 Å². The molecule has 0 aliphatic carbocycles. The van der Waals surface area contributed by atoms with Crippen molar-refractivity contribution < 1.29 is 23.1 Å². The zero-order valence-electron chi connectivity index (χ0n) is 17.4. The van der Waals surface area contributed by atoms with Gasteiger partial charge in [0.15, 0.2) is 0 Å². The maximum absolute atomic E-state index is 12.8. The van der Waals surface area contributed by atoms with Gasteiger partial charge in [-0.25, -0.2) is 8.42 Å². The predicted octanol–water partition coefficient (Wildman–Crippen LogP) is 3.39. The Kier molecular flexibility index (Phi) is 6.25. The smallest absolute Gasteiger partial charge is 0.322 e. The monoisotopic (exact) mass is 463 g/mol. The number of hydrogen-bond donors (Lipinski definition) is 4. The molecular weight excluding hydrogens is 442 g/mol. The largest absolute Gasteiger partial charge is 0.480 e. The number of amides is 1. The van der Waals surface area contributed by atoms with Crippen molar-refractivity contribution in [2.24, 2.45) is 0 Å². The molecule has 4 rings (SSSR count). The lowest BCUT2D eigenvalue weighted by Gasteiger charge is -2.15. The van der Waals surface area contributed by atoms with Crippen LogP contribution in [0, 0.1) is 0 Å². The molecule has 0 unspecified atom stereocenters. The van der Waals surface area contributed by atoms with Gasteiger partial charge in [0.2, 0.25) is 10.0 Å². The maximum Gasteiger partial charge on any atom is 0.322 e. The van der Waals surface area contributed by atoms with Crippen LogP contribution in [0.15, 0.2) is 90.0 Å². The van der Waals surface area contributed by atoms with Crippen molar-refractivity contribution in [1.29, 1.82) is 0 Å². The molecule has 168 valence electrons. The van der Waals surface area contributed by atoms with Gasteiger partial charge >= 0.3 is 5.97 Å². The van der Waals surface area contributed by atoms with E-state index in [9.17, 15) is 23.1 Å². The van der Waals surface area contributed by atoms with Crippen molar-refractivity contribution in [2.45, 2.75) is 17.4 Å². The molecule has 0 aliphatic rings. The third-order valence-electron chi connectivity index (χ3n) is 5.15. The summed E-state index contributed by atoms with van der Waals surface area (Å²) < 4.78 is 27.9. The number of fused-ring (bicyclic) bond motifs is 1. The molecule has 9 heteroatoms. The highest BCUT2D eigenvalue weighted by atomic mass is 32.2. The van der Waals surface area contributed by atoms with Crippen molar-refractivity contribution in [2.75, 3.05) is 5.32 Å². The molecule has 3 aromatic carbocycles. The zero-order chi connectivity index (χ0) is 23.4. The molecule has 4 aromatic rings.